The average Bonchev–Trinajstić information content (AvgIpc) is 2.50. The van der Waals surface area contributed by atoms with Gasteiger partial charge < -0.3 is 15.8 Å². The second-order valence-corrected chi connectivity index (χ2v) is 5.10. The summed E-state index contributed by atoms with van der Waals surface area (Å²) in [6, 6.07) is 5.37. The molecule has 0 saturated heterocycles. The van der Waals surface area contributed by atoms with E-state index in [1.807, 2.05) is 32.9 Å². The Bertz CT molecular complexity index is 646. The van der Waals surface area contributed by atoms with Crippen LogP contribution in [0.1, 0.15) is 38.3 Å². The van der Waals surface area contributed by atoms with E-state index in [-0.39, 0.29) is 6.61 Å². The fourth-order valence-electron chi connectivity index (χ4n) is 2.30. The van der Waals surface area contributed by atoms with Crippen molar-refractivity contribution in [3.63, 3.8) is 0 Å². The number of amides is 1. The third-order valence-electron chi connectivity index (χ3n) is 3.41. The topological polar surface area (TPSA) is 81.4 Å². The van der Waals surface area contributed by atoms with Gasteiger partial charge in [-0.25, -0.2) is 4.79 Å². The number of benzene rings is 1. The quantitative estimate of drug-likeness (QED) is 0.350. The van der Waals surface area contributed by atoms with Crippen LogP contribution in [-0.2, 0) is 14.3 Å². The van der Waals surface area contributed by atoms with Gasteiger partial charge in [-0.1, -0.05) is 19.1 Å². The smallest absolute Gasteiger partial charge is 0.340 e. The minimum Gasteiger partial charge on any atom is -0.462 e. The Morgan fingerprint density at radius 1 is 1.35 bits per heavy atom. The van der Waals surface area contributed by atoms with Crippen LogP contribution < -0.4 is 11.1 Å². The first-order valence-electron chi connectivity index (χ1n) is 7.61. The SMILES string of the molecule is CC/C=C(C)/C(C(=O)OCC)=C(/N)c1cc(NC=O)ccc1C. The van der Waals surface area contributed by atoms with Crippen molar-refractivity contribution < 1.29 is 14.3 Å². The maximum absolute atomic E-state index is 12.3. The van der Waals surface area contributed by atoms with Crippen LogP contribution in [0.3, 0.4) is 0 Å². The number of aryl methyl sites for hydroxylation is 1. The zero-order valence-corrected chi connectivity index (χ0v) is 14.1. The lowest BCUT2D eigenvalue weighted by Crippen LogP contribution is -2.15. The molecular weight excluding hydrogens is 292 g/mol. The number of esters is 1. The predicted molar refractivity (Wildman–Crippen MR) is 92.7 cm³/mol. The molecule has 0 bridgehead atoms. The molecule has 0 aliphatic rings. The van der Waals surface area contributed by atoms with Crippen LogP contribution in [0.25, 0.3) is 5.70 Å². The molecule has 0 atom stereocenters. The van der Waals surface area contributed by atoms with E-state index in [1.54, 1.807) is 19.1 Å². The predicted octanol–water partition coefficient (Wildman–Crippen LogP) is 3.15. The van der Waals surface area contributed by atoms with Crippen LogP contribution in [0.2, 0.25) is 0 Å². The molecule has 0 saturated carbocycles. The van der Waals surface area contributed by atoms with Crippen LogP contribution in [0.4, 0.5) is 5.69 Å². The van der Waals surface area contributed by atoms with Gasteiger partial charge in [0.15, 0.2) is 0 Å². The van der Waals surface area contributed by atoms with Gasteiger partial charge in [0, 0.05) is 11.3 Å². The van der Waals surface area contributed by atoms with Gasteiger partial charge in [0.05, 0.1) is 17.9 Å². The largest absolute Gasteiger partial charge is 0.462 e. The Morgan fingerprint density at radius 3 is 2.61 bits per heavy atom. The Kier molecular flexibility index (Phi) is 7.06. The summed E-state index contributed by atoms with van der Waals surface area (Å²) in [5, 5.41) is 2.59. The van der Waals surface area contributed by atoms with Crippen molar-refractivity contribution in [3.05, 3.63) is 46.5 Å². The Labute approximate surface area is 137 Å². The lowest BCUT2D eigenvalue weighted by molar-refractivity contribution is -0.138. The van der Waals surface area contributed by atoms with E-state index in [9.17, 15) is 9.59 Å². The molecule has 0 aromatic heterocycles. The maximum atomic E-state index is 12.3. The molecule has 0 unspecified atom stereocenters. The normalized spacial score (nSPS) is 12.4. The van der Waals surface area contributed by atoms with Crippen LogP contribution >= 0.6 is 0 Å². The third kappa shape index (κ3) is 4.71. The zero-order valence-electron chi connectivity index (χ0n) is 14.1. The van der Waals surface area contributed by atoms with E-state index >= 15 is 0 Å². The highest BCUT2D eigenvalue weighted by atomic mass is 16.5. The molecule has 1 rings (SSSR count). The number of hydrogen-bond donors (Lipinski definition) is 2. The lowest BCUT2D eigenvalue weighted by atomic mass is 9.97. The van der Waals surface area contributed by atoms with Gasteiger partial charge in [-0.15, -0.1) is 0 Å². The highest BCUT2D eigenvalue weighted by Gasteiger charge is 2.19. The summed E-state index contributed by atoms with van der Waals surface area (Å²) in [4.78, 5) is 22.9. The maximum Gasteiger partial charge on any atom is 0.340 e. The van der Waals surface area contributed by atoms with Gasteiger partial charge in [0.1, 0.15) is 0 Å². The summed E-state index contributed by atoms with van der Waals surface area (Å²) in [5.41, 5.74) is 9.99. The van der Waals surface area contributed by atoms with Crippen molar-refractivity contribution in [3.8, 4) is 0 Å². The molecule has 124 valence electrons. The van der Waals surface area contributed by atoms with Crippen molar-refractivity contribution in [1.82, 2.24) is 0 Å². The van der Waals surface area contributed by atoms with Gasteiger partial charge in [-0.05, 0) is 50.5 Å². The number of carbonyl (C=O) groups is 2. The Hall–Kier alpha value is -2.56. The van der Waals surface area contributed by atoms with Gasteiger partial charge in [-0.2, -0.15) is 0 Å². The standard InChI is InChI=1S/C18H24N2O3/c1-5-7-13(4)16(18(22)23-6-2)17(19)15-10-14(20-11-21)9-8-12(15)3/h7-11H,5-6,19H2,1-4H3,(H,20,21)/b13-7+,17-16-. The molecule has 0 fully saturated rings. The molecular formula is C18H24N2O3. The van der Waals surface area contributed by atoms with Gasteiger partial charge in [-0.3, -0.25) is 4.79 Å². The van der Waals surface area contributed by atoms with Crippen molar-refractivity contribution in [2.75, 3.05) is 11.9 Å². The van der Waals surface area contributed by atoms with E-state index in [2.05, 4.69) is 5.32 Å². The summed E-state index contributed by atoms with van der Waals surface area (Å²) < 4.78 is 5.14. The molecule has 0 spiro atoms. The number of anilines is 1. The van der Waals surface area contributed by atoms with Crippen LogP contribution in [0, 0.1) is 6.92 Å². The second-order valence-electron chi connectivity index (χ2n) is 5.10. The molecule has 23 heavy (non-hydrogen) atoms. The number of hydrogen-bond acceptors (Lipinski definition) is 4. The van der Waals surface area contributed by atoms with Crippen LogP contribution in [0.5, 0.6) is 0 Å². The average molecular weight is 316 g/mol. The van der Waals surface area contributed by atoms with E-state index < -0.39 is 5.97 Å². The molecule has 5 heteroatoms. The van der Waals surface area contributed by atoms with Gasteiger partial charge in [0.2, 0.25) is 6.41 Å². The fourth-order valence-corrected chi connectivity index (χ4v) is 2.30. The first-order chi connectivity index (χ1) is 11.0. The summed E-state index contributed by atoms with van der Waals surface area (Å²) in [5.74, 6) is -0.444. The number of ether oxygens (including phenoxy) is 1. The number of rotatable bonds is 7. The van der Waals surface area contributed by atoms with Crippen LogP contribution in [0.15, 0.2) is 35.4 Å². The first kappa shape index (κ1) is 18.5. The molecule has 0 radical (unpaired) electrons. The van der Waals surface area contributed by atoms with Crippen molar-refractivity contribution in [1.29, 1.82) is 0 Å². The summed E-state index contributed by atoms with van der Waals surface area (Å²) in [7, 11) is 0. The highest BCUT2D eigenvalue weighted by Crippen LogP contribution is 2.26. The zero-order chi connectivity index (χ0) is 17.4. The molecule has 0 aliphatic heterocycles. The lowest BCUT2D eigenvalue weighted by Gasteiger charge is -2.15. The summed E-state index contributed by atoms with van der Waals surface area (Å²) in [6.45, 7) is 7.76. The molecule has 3 N–H and O–H groups in total. The highest BCUT2D eigenvalue weighted by molar-refractivity contribution is 6.01. The molecule has 0 heterocycles. The minimum absolute atomic E-state index is 0.279. The van der Waals surface area contributed by atoms with Gasteiger partial charge in [0.25, 0.3) is 0 Å². The monoisotopic (exact) mass is 316 g/mol. The Morgan fingerprint density at radius 2 is 2.04 bits per heavy atom. The fraction of sp³-hybridized carbons (Fsp3) is 0.333. The number of carbonyl (C=O) groups excluding carboxylic acids is 2. The number of allylic oxidation sites excluding steroid dienone is 1. The minimum atomic E-state index is -0.444. The third-order valence-corrected chi connectivity index (χ3v) is 3.41. The Balaban J connectivity index is 3.51. The molecule has 5 nitrogen and oxygen atoms in total. The number of nitrogens with two attached hydrogens (primary N) is 1. The summed E-state index contributed by atoms with van der Waals surface area (Å²) in [6.07, 6.45) is 3.32. The second kappa shape index (κ2) is 8.78. The van der Waals surface area contributed by atoms with E-state index in [4.69, 9.17) is 10.5 Å². The number of nitrogens with one attached hydrogen (secondary N) is 1. The van der Waals surface area contributed by atoms with Crippen molar-refractivity contribution >= 4 is 23.8 Å². The van der Waals surface area contributed by atoms with E-state index in [0.717, 1.165) is 17.6 Å². The van der Waals surface area contributed by atoms with Gasteiger partial charge >= 0.3 is 5.97 Å². The summed E-state index contributed by atoms with van der Waals surface area (Å²) >= 11 is 0. The molecule has 1 aromatic rings. The van der Waals surface area contributed by atoms with Crippen LogP contribution in [-0.4, -0.2) is 19.0 Å². The molecule has 1 aromatic carbocycles. The first-order valence-corrected chi connectivity index (χ1v) is 7.61. The van der Waals surface area contributed by atoms with E-state index in [0.29, 0.717) is 28.9 Å². The molecule has 0 aliphatic carbocycles. The van der Waals surface area contributed by atoms with Crippen molar-refractivity contribution in [2.24, 2.45) is 5.73 Å². The molecule has 1 amide bonds. The van der Waals surface area contributed by atoms with Crippen molar-refractivity contribution in [2.45, 2.75) is 34.1 Å². The van der Waals surface area contributed by atoms with E-state index in [1.165, 1.54) is 0 Å².